The molecule has 182 valence electrons. The zero-order valence-electron chi connectivity index (χ0n) is 19.0. The average Bonchev–Trinajstić information content (AvgIpc) is 3.73. The second-order valence-electron chi connectivity index (χ2n) is 9.55. The Labute approximate surface area is 194 Å². The van der Waals surface area contributed by atoms with Crippen LogP contribution in [0.15, 0.2) is 30.1 Å². The Kier molecular flexibility index (Phi) is 7.82. The van der Waals surface area contributed by atoms with Crippen LogP contribution in [0.1, 0.15) is 37.7 Å². The molecule has 0 bridgehead atoms. The van der Waals surface area contributed by atoms with E-state index in [0.717, 1.165) is 49.9 Å². The summed E-state index contributed by atoms with van der Waals surface area (Å²) < 4.78 is 26.5. The predicted octanol–water partition coefficient (Wildman–Crippen LogP) is 2.77. The van der Waals surface area contributed by atoms with Crippen LogP contribution in [0.5, 0.6) is 0 Å². The minimum atomic E-state index is -0.901. The number of fused-ring (bicyclic) bond motifs is 1. The van der Waals surface area contributed by atoms with Crippen molar-refractivity contribution in [3.63, 3.8) is 0 Å². The summed E-state index contributed by atoms with van der Waals surface area (Å²) in [6, 6.07) is 4.02. The number of β-amino-alcohol motifs (C(OH)–C–C–N with tert-alkyl or cyclic N) is 1. The SMILES string of the molecule is NCC1=CN1.O=C(Nc1ccc(F)c(CF)c1)N(CCN1CCC(O)C1)C1CCC2CC2C1. The van der Waals surface area contributed by atoms with Gasteiger partial charge in [-0.2, -0.15) is 0 Å². The molecule has 7 nitrogen and oxygen atoms in total. The van der Waals surface area contributed by atoms with Gasteiger partial charge < -0.3 is 26.4 Å². The highest BCUT2D eigenvalue weighted by Crippen LogP contribution is 2.50. The number of likely N-dealkylation sites (tertiary alicyclic amines) is 1. The molecule has 0 radical (unpaired) electrons. The maximum Gasteiger partial charge on any atom is 0.322 e. The fourth-order valence-corrected chi connectivity index (χ4v) is 4.94. The Bertz CT molecular complexity index is 867. The molecule has 2 aliphatic carbocycles. The molecule has 2 saturated carbocycles. The number of carbonyl (C=O) groups excluding carboxylic acids is 1. The van der Waals surface area contributed by atoms with Crippen molar-refractivity contribution in [2.75, 3.05) is 38.0 Å². The van der Waals surface area contributed by atoms with Gasteiger partial charge in [-0.05, 0) is 62.1 Å². The lowest BCUT2D eigenvalue weighted by Gasteiger charge is -2.35. The average molecular weight is 464 g/mol. The number of rotatable bonds is 7. The molecule has 1 saturated heterocycles. The van der Waals surface area contributed by atoms with E-state index in [4.69, 9.17) is 5.73 Å². The fourth-order valence-electron chi connectivity index (χ4n) is 4.94. The number of hydrogen-bond acceptors (Lipinski definition) is 5. The van der Waals surface area contributed by atoms with Crippen LogP contribution >= 0.6 is 0 Å². The van der Waals surface area contributed by atoms with Crippen LogP contribution in [-0.4, -0.2) is 65.8 Å². The quantitative estimate of drug-likeness (QED) is 0.498. The van der Waals surface area contributed by atoms with Crippen molar-refractivity contribution in [2.24, 2.45) is 17.6 Å². The van der Waals surface area contributed by atoms with Gasteiger partial charge in [0.25, 0.3) is 0 Å². The molecule has 3 fully saturated rings. The van der Waals surface area contributed by atoms with Gasteiger partial charge in [0.05, 0.1) is 6.10 Å². The van der Waals surface area contributed by atoms with Crippen LogP contribution < -0.4 is 16.4 Å². The molecule has 5 rings (SSSR count). The predicted molar refractivity (Wildman–Crippen MR) is 124 cm³/mol. The summed E-state index contributed by atoms with van der Waals surface area (Å²) in [5.74, 6) is 0.989. The number of halogens is 2. The molecule has 4 unspecified atom stereocenters. The molecule has 33 heavy (non-hydrogen) atoms. The number of nitrogens with two attached hydrogens (primary N) is 1. The molecular formula is C24H35F2N5O2. The number of aliphatic hydroxyl groups is 1. The van der Waals surface area contributed by atoms with Gasteiger partial charge in [-0.1, -0.05) is 0 Å². The number of amides is 2. The Morgan fingerprint density at radius 2 is 2.09 bits per heavy atom. The standard InChI is InChI=1S/C21H29F2N3O2.C3H6N2/c22-12-16-10-17(2-4-20(16)23)24-21(28)26(8-7-25-6-5-19(27)13-25)18-3-1-14-9-15(14)11-18;4-1-3-2-5-3/h2,4,10,14-15,18-19,27H,1,3,5-9,11-13H2,(H,24,28);2,5H,1,4H2. The van der Waals surface area contributed by atoms with Crippen molar-refractivity contribution in [1.29, 1.82) is 0 Å². The number of benzene rings is 1. The minimum Gasteiger partial charge on any atom is -0.392 e. The molecule has 1 aromatic rings. The van der Waals surface area contributed by atoms with Crippen LogP contribution in [0.3, 0.4) is 0 Å². The highest BCUT2D eigenvalue weighted by atomic mass is 19.1. The first-order chi connectivity index (χ1) is 16.0. The summed E-state index contributed by atoms with van der Waals surface area (Å²) >= 11 is 0. The summed E-state index contributed by atoms with van der Waals surface area (Å²) in [6.07, 6.45) is 6.89. The highest BCUT2D eigenvalue weighted by Gasteiger charge is 2.44. The number of hydrogen-bond donors (Lipinski definition) is 4. The maximum atomic E-state index is 13.5. The van der Waals surface area contributed by atoms with Crippen molar-refractivity contribution in [3.05, 3.63) is 41.5 Å². The van der Waals surface area contributed by atoms with E-state index in [1.807, 2.05) is 11.1 Å². The largest absolute Gasteiger partial charge is 0.392 e. The number of anilines is 1. The monoisotopic (exact) mass is 463 g/mol. The molecule has 9 heteroatoms. The van der Waals surface area contributed by atoms with Gasteiger partial charge >= 0.3 is 6.03 Å². The lowest BCUT2D eigenvalue weighted by Crippen LogP contribution is -2.47. The Balaban J connectivity index is 0.000000459. The highest BCUT2D eigenvalue weighted by molar-refractivity contribution is 5.89. The van der Waals surface area contributed by atoms with E-state index in [0.29, 0.717) is 25.3 Å². The first-order valence-corrected chi connectivity index (χ1v) is 11.9. The number of nitrogens with one attached hydrogen (secondary N) is 2. The maximum absolute atomic E-state index is 13.5. The summed E-state index contributed by atoms with van der Waals surface area (Å²) in [6.45, 7) is 2.60. The van der Waals surface area contributed by atoms with Crippen molar-refractivity contribution in [2.45, 2.75) is 50.9 Å². The first-order valence-electron chi connectivity index (χ1n) is 11.9. The Hall–Kier alpha value is -2.23. The Morgan fingerprint density at radius 1 is 1.27 bits per heavy atom. The second-order valence-corrected chi connectivity index (χ2v) is 9.55. The van der Waals surface area contributed by atoms with E-state index < -0.39 is 12.5 Å². The van der Waals surface area contributed by atoms with Crippen molar-refractivity contribution in [1.82, 2.24) is 15.1 Å². The number of carbonyl (C=O) groups is 1. The molecule has 5 N–H and O–H groups in total. The topological polar surface area (TPSA) is 104 Å². The zero-order valence-corrected chi connectivity index (χ0v) is 19.0. The third-order valence-corrected chi connectivity index (χ3v) is 7.13. The third kappa shape index (κ3) is 6.65. The van der Waals surface area contributed by atoms with Gasteiger partial charge in [0.15, 0.2) is 0 Å². The van der Waals surface area contributed by atoms with Gasteiger partial charge in [0.1, 0.15) is 12.5 Å². The van der Waals surface area contributed by atoms with Gasteiger partial charge in [-0.3, -0.25) is 4.90 Å². The van der Waals surface area contributed by atoms with E-state index in [-0.39, 0.29) is 23.7 Å². The van der Waals surface area contributed by atoms with Crippen molar-refractivity contribution in [3.8, 4) is 0 Å². The number of urea groups is 1. The molecule has 2 aliphatic heterocycles. The Morgan fingerprint density at radius 3 is 2.70 bits per heavy atom. The molecular weight excluding hydrogens is 428 g/mol. The third-order valence-electron chi connectivity index (χ3n) is 7.13. The summed E-state index contributed by atoms with van der Waals surface area (Å²) in [5.41, 5.74) is 6.63. The van der Waals surface area contributed by atoms with Crippen LogP contribution in [0.4, 0.5) is 19.3 Å². The molecule has 2 heterocycles. The fraction of sp³-hybridized carbons (Fsp3) is 0.625. The lowest BCUT2D eigenvalue weighted by atomic mass is 9.94. The number of aliphatic hydroxyl groups excluding tert-OH is 1. The van der Waals surface area contributed by atoms with Crippen LogP contribution in [0.2, 0.25) is 0 Å². The molecule has 0 aromatic heterocycles. The van der Waals surface area contributed by atoms with Gasteiger partial charge in [0, 0.05) is 61.9 Å². The van der Waals surface area contributed by atoms with Crippen LogP contribution in [0, 0.1) is 17.7 Å². The first kappa shape index (κ1) is 23.9. The van der Waals surface area contributed by atoms with E-state index in [1.165, 1.54) is 31.0 Å². The molecule has 0 spiro atoms. The van der Waals surface area contributed by atoms with E-state index in [1.54, 1.807) is 0 Å². The smallest absolute Gasteiger partial charge is 0.322 e. The lowest BCUT2D eigenvalue weighted by molar-refractivity contribution is 0.144. The minimum absolute atomic E-state index is 0.0473. The molecule has 2 amide bonds. The summed E-state index contributed by atoms with van der Waals surface area (Å²) in [5, 5.41) is 15.4. The van der Waals surface area contributed by atoms with Gasteiger partial charge in [-0.15, -0.1) is 0 Å². The number of nitrogens with zero attached hydrogens (tertiary/aromatic N) is 2. The summed E-state index contributed by atoms with van der Waals surface area (Å²) in [4.78, 5) is 17.1. The van der Waals surface area contributed by atoms with Crippen LogP contribution in [0.25, 0.3) is 0 Å². The zero-order chi connectivity index (χ0) is 23.4. The summed E-state index contributed by atoms with van der Waals surface area (Å²) in [7, 11) is 0. The number of alkyl halides is 1. The molecule has 4 aliphatic rings. The molecule has 1 aromatic carbocycles. The van der Waals surface area contributed by atoms with E-state index >= 15 is 0 Å². The van der Waals surface area contributed by atoms with Crippen molar-refractivity contribution >= 4 is 11.7 Å². The van der Waals surface area contributed by atoms with Gasteiger partial charge in [-0.25, -0.2) is 13.6 Å². The second kappa shape index (κ2) is 10.8. The van der Waals surface area contributed by atoms with E-state index in [9.17, 15) is 18.7 Å². The normalized spacial score (nSPS) is 27.5. The molecule has 4 atom stereocenters. The van der Waals surface area contributed by atoms with Gasteiger partial charge in [0.2, 0.25) is 0 Å². The van der Waals surface area contributed by atoms with Crippen molar-refractivity contribution < 1.29 is 18.7 Å². The van der Waals surface area contributed by atoms with E-state index in [2.05, 4.69) is 15.5 Å². The van der Waals surface area contributed by atoms with Crippen LogP contribution in [-0.2, 0) is 6.67 Å².